The lowest BCUT2D eigenvalue weighted by molar-refractivity contribution is 1.61. The highest BCUT2D eigenvalue weighted by Crippen LogP contribution is 2.58. The van der Waals surface area contributed by atoms with Crippen LogP contribution in [0.4, 0.5) is 0 Å². The second-order valence-corrected chi connectivity index (χ2v) is 13.2. The van der Waals surface area contributed by atoms with Crippen LogP contribution in [0.25, 0.3) is 110 Å². The predicted octanol–water partition coefficient (Wildman–Crippen LogP) is 13.4. The van der Waals surface area contributed by atoms with Gasteiger partial charge in [-0.3, -0.25) is 0 Å². The second-order valence-electron chi connectivity index (χ2n) is 13.2. The Morgan fingerprint density at radius 2 is 0.750 bits per heavy atom. The summed E-state index contributed by atoms with van der Waals surface area (Å²) in [6.07, 6.45) is 0. The minimum atomic E-state index is 1.24. The van der Waals surface area contributed by atoms with E-state index in [1.54, 1.807) is 0 Å². The van der Waals surface area contributed by atoms with Gasteiger partial charge in [0.05, 0.1) is 0 Å². The Morgan fingerprint density at radius 3 is 1.42 bits per heavy atom. The fraction of sp³-hybridized carbons (Fsp3) is 0. The molecule has 0 aromatic heterocycles. The van der Waals surface area contributed by atoms with Crippen LogP contribution in [-0.2, 0) is 0 Å². The largest absolute Gasteiger partial charge is 0.0622 e. The number of hydrogen-bond donors (Lipinski definition) is 0. The molecule has 0 heterocycles. The molecule has 0 atom stereocenters. The van der Waals surface area contributed by atoms with Gasteiger partial charge in [-0.2, -0.15) is 0 Å². The number of hydrogen-bond acceptors (Lipinski definition) is 0. The first-order valence-electron chi connectivity index (χ1n) is 16.8. The number of rotatable bonds is 3. The summed E-state index contributed by atoms with van der Waals surface area (Å²) in [5, 5.41) is 7.87. The van der Waals surface area contributed by atoms with Crippen LogP contribution in [0.5, 0.6) is 0 Å². The smallest absolute Gasteiger partial charge is 0.000741 e. The predicted molar refractivity (Wildman–Crippen MR) is 204 cm³/mol. The molecule has 0 radical (unpaired) electrons. The van der Waals surface area contributed by atoms with E-state index in [1.165, 1.54) is 110 Å². The third-order valence-corrected chi connectivity index (χ3v) is 10.7. The molecule has 0 fully saturated rings. The summed E-state index contributed by atoms with van der Waals surface area (Å²) < 4.78 is 0. The van der Waals surface area contributed by atoms with Gasteiger partial charge in [-0.1, -0.05) is 152 Å². The van der Waals surface area contributed by atoms with E-state index in [9.17, 15) is 0 Å². The van der Waals surface area contributed by atoms with Crippen molar-refractivity contribution in [2.24, 2.45) is 0 Å². The van der Waals surface area contributed by atoms with Gasteiger partial charge in [-0.05, 0) is 128 Å². The minimum absolute atomic E-state index is 1.24. The summed E-state index contributed by atoms with van der Waals surface area (Å²) in [4.78, 5) is 0. The van der Waals surface area contributed by atoms with Crippen molar-refractivity contribution in [3.63, 3.8) is 0 Å². The Morgan fingerprint density at radius 1 is 0.229 bits per heavy atom. The lowest BCUT2D eigenvalue weighted by Gasteiger charge is -2.21. The molecule has 220 valence electrons. The van der Waals surface area contributed by atoms with Gasteiger partial charge in [0.25, 0.3) is 0 Å². The number of fused-ring (bicyclic) bond motifs is 7. The van der Waals surface area contributed by atoms with E-state index in [4.69, 9.17) is 0 Å². The van der Waals surface area contributed by atoms with Crippen LogP contribution in [0.15, 0.2) is 170 Å². The molecule has 0 N–H and O–H groups in total. The average molecular weight is 605 g/mol. The molecule has 0 aliphatic heterocycles. The van der Waals surface area contributed by atoms with E-state index in [2.05, 4.69) is 170 Å². The lowest BCUT2D eigenvalue weighted by Crippen LogP contribution is -1.94. The lowest BCUT2D eigenvalue weighted by atomic mass is 9.81. The molecule has 48 heavy (non-hydrogen) atoms. The van der Waals surface area contributed by atoms with E-state index in [-0.39, 0.29) is 0 Å². The van der Waals surface area contributed by atoms with Crippen molar-refractivity contribution in [1.82, 2.24) is 0 Å². The minimum Gasteiger partial charge on any atom is -0.0622 e. The summed E-state index contributed by atoms with van der Waals surface area (Å²) in [7, 11) is 0. The summed E-state index contributed by atoms with van der Waals surface area (Å²) >= 11 is 0. The third kappa shape index (κ3) is 3.44. The molecule has 9 aromatic rings. The molecule has 0 nitrogen and oxygen atoms in total. The van der Waals surface area contributed by atoms with Crippen molar-refractivity contribution >= 4 is 32.3 Å². The van der Waals surface area contributed by atoms with Crippen LogP contribution in [0.2, 0.25) is 0 Å². The molecular weight excluding hydrogens is 577 g/mol. The van der Waals surface area contributed by atoms with Gasteiger partial charge >= 0.3 is 0 Å². The summed E-state index contributed by atoms with van der Waals surface area (Å²) in [6, 6.07) is 63.2. The van der Waals surface area contributed by atoms with Crippen molar-refractivity contribution in [3.05, 3.63) is 170 Å². The van der Waals surface area contributed by atoms with E-state index in [0.29, 0.717) is 0 Å². The summed E-state index contributed by atoms with van der Waals surface area (Å²) in [5.41, 5.74) is 18.3. The molecule has 0 saturated heterocycles. The normalized spacial score (nSPS) is 12.2. The Bertz CT molecular complexity index is 2800. The SMILES string of the molecule is c1ccc(-c2c3c(c(-c4ccccc4)c4cc(-c5cc6c7c(cccc7c5)-c5ccccc5-6)ccc24)-c2cccc4cccc-3c24)cc1. The van der Waals surface area contributed by atoms with Crippen LogP contribution in [-0.4, -0.2) is 0 Å². The highest BCUT2D eigenvalue weighted by molar-refractivity contribution is 6.28. The Kier molecular flexibility index (Phi) is 5.20. The average Bonchev–Trinajstić information content (AvgIpc) is 3.66. The zero-order chi connectivity index (χ0) is 31.3. The van der Waals surface area contributed by atoms with Gasteiger partial charge in [-0.25, -0.2) is 0 Å². The van der Waals surface area contributed by atoms with Crippen LogP contribution in [0, 0.1) is 0 Å². The standard InChI is InChI=1S/C48H28/c1-3-12-30(13-4-1)45-38-25-24-32(34-26-33-18-11-21-37-35-19-7-8-20-36(35)41(28-34)44(33)37)27-42(38)46(31-14-5-2-6-15-31)48-40-23-10-17-29-16-9-22-39(43(29)40)47(45)48/h1-28H. The second kappa shape index (κ2) is 9.64. The molecular formula is C48H28. The van der Waals surface area contributed by atoms with Crippen LogP contribution in [0.3, 0.4) is 0 Å². The highest BCUT2D eigenvalue weighted by atomic mass is 14.3. The van der Waals surface area contributed by atoms with Crippen molar-refractivity contribution < 1.29 is 0 Å². The first-order valence-corrected chi connectivity index (χ1v) is 16.8. The monoisotopic (exact) mass is 604 g/mol. The van der Waals surface area contributed by atoms with Crippen LogP contribution in [0.1, 0.15) is 0 Å². The fourth-order valence-corrected chi connectivity index (χ4v) is 8.76. The van der Waals surface area contributed by atoms with Crippen molar-refractivity contribution in [2.75, 3.05) is 0 Å². The van der Waals surface area contributed by atoms with Crippen molar-refractivity contribution in [3.8, 4) is 77.9 Å². The van der Waals surface area contributed by atoms with E-state index >= 15 is 0 Å². The van der Waals surface area contributed by atoms with Gasteiger partial charge in [0.2, 0.25) is 0 Å². The van der Waals surface area contributed by atoms with Crippen molar-refractivity contribution in [1.29, 1.82) is 0 Å². The van der Waals surface area contributed by atoms with E-state index in [0.717, 1.165) is 0 Å². The zero-order valence-corrected chi connectivity index (χ0v) is 26.2. The maximum absolute atomic E-state index is 2.46. The molecule has 0 amide bonds. The van der Waals surface area contributed by atoms with Gasteiger partial charge in [0.1, 0.15) is 0 Å². The maximum Gasteiger partial charge on any atom is -0.000741 e. The quantitative estimate of drug-likeness (QED) is 0.188. The molecule has 11 rings (SSSR count). The van der Waals surface area contributed by atoms with Crippen LogP contribution < -0.4 is 0 Å². The molecule has 0 unspecified atom stereocenters. The van der Waals surface area contributed by atoms with Crippen LogP contribution >= 0.6 is 0 Å². The van der Waals surface area contributed by atoms with Gasteiger partial charge in [-0.15, -0.1) is 0 Å². The molecule has 0 heteroatoms. The topological polar surface area (TPSA) is 0 Å². The summed E-state index contributed by atoms with van der Waals surface area (Å²) in [5.74, 6) is 0. The van der Waals surface area contributed by atoms with Gasteiger partial charge < -0.3 is 0 Å². The molecule has 0 spiro atoms. The number of benzene rings is 9. The highest BCUT2D eigenvalue weighted by Gasteiger charge is 2.30. The van der Waals surface area contributed by atoms with Gasteiger partial charge in [0.15, 0.2) is 0 Å². The van der Waals surface area contributed by atoms with Crippen molar-refractivity contribution in [2.45, 2.75) is 0 Å². The Hall–Kier alpha value is -6.24. The summed E-state index contributed by atoms with van der Waals surface area (Å²) in [6.45, 7) is 0. The maximum atomic E-state index is 2.46. The van der Waals surface area contributed by atoms with E-state index in [1.807, 2.05) is 0 Å². The Labute approximate surface area is 279 Å². The molecule has 0 bridgehead atoms. The molecule has 2 aliphatic rings. The molecule has 9 aromatic carbocycles. The Balaban J connectivity index is 1.28. The first-order chi connectivity index (χ1) is 23.8. The molecule has 0 saturated carbocycles. The molecule has 2 aliphatic carbocycles. The zero-order valence-electron chi connectivity index (χ0n) is 26.2. The van der Waals surface area contributed by atoms with Gasteiger partial charge in [0, 0.05) is 0 Å². The van der Waals surface area contributed by atoms with E-state index < -0.39 is 0 Å². The first kappa shape index (κ1) is 25.9. The fourth-order valence-electron chi connectivity index (χ4n) is 8.76. The third-order valence-electron chi connectivity index (χ3n) is 10.7.